The van der Waals surface area contributed by atoms with Gasteiger partial charge in [-0.15, -0.1) is 0 Å². The number of hydrogen-bond donors (Lipinski definition) is 1. The van der Waals surface area contributed by atoms with Crippen molar-refractivity contribution in [2.75, 3.05) is 13.1 Å². The van der Waals surface area contributed by atoms with Crippen LogP contribution < -0.4 is 0 Å². The van der Waals surface area contributed by atoms with Gasteiger partial charge in [-0.2, -0.15) is 0 Å². The smallest absolute Gasteiger partial charge is 0.308 e. The van der Waals surface area contributed by atoms with Crippen LogP contribution in [0.5, 0.6) is 0 Å². The largest absolute Gasteiger partial charge is 0.481 e. The molecular formula is C14H19ClN2O3. The van der Waals surface area contributed by atoms with E-state index in [1.54, 1.807) is 17.2 Å². The molecule has 1 saturated heterocycles. The molecule has 1 atom stereocenters. The van der Waals surface area contributed by atoms with Crippen molar-refractivity contribution in [1.82, 2.24) is 9.47 Å². The molecule has 0 bridgehead atoms. The fourth-order valence-corrected chi connectivity index (χ4v) is 2.78. The SMILES string of the molecule is CC(C)n1cc(Cl)cc1C(=O)N1CCC[C@H](C(=O)O)C1. The second kappa shape index (κ2) is 5.87. The minimum Gasteiger partial charge on any atom is -0.481 e. The van der Waals surface area contributed by atoms with E-state index in [9.17, 15) is 9.59 Å². The number of rotatable bonds is 3. The molecule has 0 unspecified atom stereocenters. The van der Waals surface area contributed by atoms with Gasteiger partial charge in [0.2, 0.25) is 0 Å². The molecule has 1 aromatic heterocycles. The third-order valence-corrected chi connectivity index (χ3v) is 3.86. The molecule has 0 aromatic carbocycles. The third-order valence-electron chi connectivity index (χ3n) is 3.65. The van der Waals surface area contributed by atoms with Crippen LogP contribution in [0.1, 0.15) is 43.2 Å². The summed E-state index contributed by atoms with van der Waals surface area (Å²) in [6.07, 6.45) is 3.09. The highest BCUT2D eigenvalue weighted by Gasteiger charge is 2.30. The first-order valence-corrected chi connectivity index (χ1v) is 7.17. The maximum Gasteiger partial charge on any atom is 0.308 e. The lowest BCUT2D eigenvalue weighted by atomic mass is 9.98. The molecule has 1 aromatic rings. The topological polar surface area (TPSA) is 62.5 Å². The zero-order valence-electron chi connectivity index (χ0n) is 11.7. The van der Waals surface area contributed by atoms with E-state index in [-0.39, 0.29) is 18.5 Å². The molecule has 1 amide bonds. The summed E-state index contributed by atoms with van der Waals surface area (Å²) in [7, 11) is 0. The van der Waals surface area contributed by atoms with Crippen molar-refractivity contribution < 1.29 is 14.7 Å². The molecule has 1 fully saturated rings. The monoisotopic (exact) mass is 298 g/mol. The number of piperidine rings is 1. The van der Waals surface area contributed by atoms with Gasteiger partial charge in [-0.1, -0.05) is 11.6 Å². The van der Waals surface area contributed by atoms with Gasteiger partial charge < -0.3 is 14.6 Å². The number of hydrogen-bond acceptors (Lipinski definition) is 2. The number of amides is 1. The number of aromatic nitrogens is 1. The van der Waals surface area contributed by atoms with Crippen LogP contribution >= 0.6 is 11.6 Å². The Labute approximate surface area is 123 Å². The van der Waals surface area contributed by atoms with Crippen molar-refractivity contribution in [3.8, 4) is 0 Å². The number of likely N-dealkylation sites (tertiary alicyclic amines) is 1. The van der Waals surface area contributed by atoms with Crippen LogP contribution in [-0.2, 0) is 4.79 Å². The van der Waals surface area contributed by atoms with E-state index in [4.69, 9.17) is 16.7 Å². The first kappa shape index (κ1) is 14.9. The summed E-state index contributed by atoms with van der Waals surface area (Å²) < 4.78 is 1.83. The lowest BCUT2D eigenvalue weighted by molar-refractivity contribution is -0.143. The Bertz CT molecular complexity index is 524. The van der Waals surface area contributed by atoms with Crippen molar-refractivity contribution in [2.24, 2.45) is 5.92 Å². The molecule has 2 heterocycles. The van der Waals surface area contributed by atoms with Crippen LogP contribution in [0.3, 0.4) is 0 Å². The summed E-state index contributed by atoms with van der Waals surface area (Å²) in [5.74, 6) is -1.44. The van der Waals surface area contributed by atoms with E-state index in [0.29, 0.717) is 23.7 Å². The first-order chi connectivity index (χ1) is 9.40. The van der Waals surface area contributed by atoms with Gasteiger partial charge in [0.15, 0.2) is 0 Å². The van der Waals surface area contributed by atoms with Crippen molar-refractivity contribution in [3.05, 3.63) is 23.0 Å². The number of carboxylic acid groups (broad SMARTS) is 1. The van der Waals surface area contributed by atoms with E-state index in [2.05, 4.69) is 0 Å². The highest BCUT2D eigenvalue weighted by Crippen LogP contribution is 2.23. The van der Waals surface area contributed by atoms with Crippen LogP contribution in [0.2, 0.25) is 5.02 Å². The van der Waals surface area contributed by atoms with E-state index in [1.165, 1.54) is 0 Å². The van der Waals surface area contributed by atoms with Crippen molar-refractivity contribution in [1.29, 1.82) is 0 Å². The maximum atomic E-state index is 12.6. The number of nitrogens with zero attached hydrogens (tertiary/aromatic N) is 2. The van der Waals surface area contributed by atoms with E-state index in [0.717, 1.165) is 6.42 Å². The highest BCUT2D eigenvalue weighted by molar-refractivity contribution is 6.31. The number of carbonyl (C=O) groups excluding carboxylic acids is 1. The van der Waals surface area contributed by atoms with Crippen LogP contribution in [0, 0.1) is 5.92 Å². The van der Waals surface area contributed by atoms with Gasteiger partial charge >= 0.3 is 5.97 Å². The molecule has 110 valence electrons. The van der Waals surface area contributed by atoms with Crippen LogP contribution in [0.15, 0.2) is 12.3 Å². The molecule has 0 spiro atoms. The molecule has 1 aliphatic heterocycles. The van der Waals surface area contributed by atoms with E-state index < -0.39 is 11.9 Å². The van der Waals surface area contributed by atoms with Gasteiger partial charge in [-0.05, 0) is 32.8 Å². The predicted octanol–water partition coefficient (Wildman–Crippen LogP) is 2.66. The third kappa shape index (κ3) is 2.98. The molecule has 1 N–H and O–H groups in total. The second-order valence-electron chi connectivity index (χ2n) is 5.47. The van der Waals surface area contributed by atoms with Gasteiger partial charge in [-0.3, -0.25) is 9.59 Å². The van der Waals surface area contributed by atoms with Crippen molar-refractivity contribution >= 4 is 23.5 Å². The Kier molecular flexibility index (Phi) is 4.38. The predicted molar refractivity (Wildman–Crippen MR) is 76.1 cm³/mol. The lowest BCUT2D eigenvalue weighted by Gasteiger charge is -2.31. The summed E-state index contributed by atoms with van der Waals surface area (Å²) in [5, 5.41) is 9.61. The fraction of sp³-hybridized carbons (Fsp3) is 0.571. The summed E-state index contributed by atoms with van der Waals surface area (Å²) in [4.78, 5) is 25.3. The molecule has 0 aliphatic carbocycles. The second-order valence-corrected chi connectivity index (χ2v) is 5.91. The molecule has 0 radical (unpaired) electrons. The Morgan fingerprint density at radius 2 is 2.15 bits per heavy atom. The quantitative estimate of drug-likeness (QED) is 0.933. The number of carboxylic acids is 1. The van der Waals surface area contributed by atoms with E-state index in [1.807, 2.05) is 18.4 Å². The van der Waals surface area contributed by atoms with Gasteiger partial charge in [0.1, 0.15) is 5.69 Å². The molecule has 6 heteroatoms. The Morgan fingerprint density at radius 3 is 2.75 bits per heavy atom. The fourth-order valence-electron chi connectivity index (χ4n) is 2.57. The van der Waals surface area contributed by atoms with Gasteiger partial charge in [0.05, 0.1) is 10.9 Å². The number of halogens is 1. The van der Waals surface area contributed by atoms with E-state index >= 15 is 0 Å². The van der Waals surface area contributed by atoms with Gasteiger partial charge in [0, 0.05) is 25.3 Å². The normalized spacial score (nSPS) is 19.4. The number of carbonyl (C=O) groups is 2. The van der Waals surface area contributed by atoms with Crippen LogP contribution in [-0.4, -0.2) is 39.5 Å². The molecule has 1 aliphatic rings. The first-order valence-electron chi connectivity index (χ1n) is 6.79. The summed E-state index contributed by atoms with van der Waals surface area (Å²) in [6.45, 7) is 4.82. The maximum absolute atomic E-state index is 12.6. The van der Waals surface area contributed by atoms with Gasteiger partial charge in [0.25, 0.3) is 5.91 Å². The van der Waals surface area contributed by atoms with Gasteiger partial charge in [-0.25, -0.2) is 0 Å². The summed E-state index contributed by atoms with van der Waals surface area (Å²) in [6, 6.07) is 1.77. The number of aliphatic carboxylic acids is 1. The zero-order chi connectivity index (χ0) is 14.9. The highest BCUT2D eigenvalue weighted by atomic mass is 35.5. The minimum absolute atomic E-state index is 0.126. The average Bonchev–Trinajstić information content (AvgIpc) is 2.80. The summed E-state index contributed by atoms with van der Waals surface area (Å²) in [5.41, 5.74) is 0.524. The minimum atomic E-state index is -0.834. The standard InChI is InChI=1S/C14H19ClN2O3/c1-9(2)17-8-11(15)6-12(17)13(18)16-5-3-4-10(7-16)14(19)20/h6,8-10H,3-5,7H2,1-2H3,(H,19,20)/t10-/m0/s1. The van der Waals surface area contributed by atoms with Crippen molar-refractivity contribution in [2.45, 2.75) is 32.7 Å². The zero-order valence-corrected chi connectivity index (χ0v) is 12.4. The molecule has 20 heavy (non-hydrogen) atoms. The molecular weight excluding hydrogens is 280 g/mol. The summed E-state index contributed by atoms with van der Waals surface area (Å²) >= 11 is 5.99. The van der Waals surface area contributed by atoms with Crippen LogP contribution in [0.25, 0.3) is 0 Å². The Balaban J connectivity index is 2.21. The molecule has 0 saturated carbocycles. The average molecular weight is 299 g/mol. The Hall–Kier alpha value is -1.49. The molecule has 2 rings (SSSR count). The lowest BCUT2D eigenvalue weighted by Crippen LogP contribution is -2.43. The van der Waals surface area contributed by atoms with Crippen molar-refractivity contribution in [3.63, 3.8) is 0 Å². The Morgan fingerprint density at radius 1 is 1.45 bits per heavy atom. The van der Waals surface area contributed by atoms with Crippen LogP contribution in [0.4, 0.5) is 0 Å². The molecule has 5 nitrogen and oxygen atoms in total.